The van der Waals surface area contributed by atoms with Crippen LogP contribution >= 0.6 is 0 Å². The second-order valence-corrected chi connectivity index (χ2v) is 14.7. The van der Waals surface area contributed by atoms with Gasteiger partial charge in [-0.1, -0.05) is 26.0 Å². The Hall–Kier alpha value is -5.47. The number of esters is 1. The summed E-state index contributed by atoms with van der Waals surface area (Å²) in [5.74, 6) is -4.85. The van der Waals surface area contributed by atoms with Gasteiger partial charge in [0.2, 0.25) is 17.7 Å². The highest BCUT2D eigenvalue weighted by Crippen LogP contribution is 2.41. The highest BCUT2D eigenvalue weighted by Gasteiger charge is 2.36. The SMILES string of the molecule is CCCOc1ccc2cc1-c1cc(ccc1OCCNC(=O)OC(C)(C)C)C[C@@H](C(=O)OC)NC(=O)[C@H](C)CC(=O)[C@H]2N(C)C(=O)[C@@H](CC(C)=O)CC(N)=O. The van der Waals surface area contributed by atoms with Crippen molar-refractivity contribution >= 4 is 41.4 Å². The number of alkyl carbamates (subject to hydrolysis) is 1. The maximum Gasteiger partial charge on any atom is 0.407 e. The molecule has 55 heavy (non-hydrogen) atoms. The van der Waals surface area contributed by atoms with Gasteiger partial charge in [-0.2, -0.15) is 0 Å². The lowest BCUT2D eigenvalue weighted by Crippen LogP contribution is -2.46. The maximum atomic E-state index is 14.3. The number of rotatable bonds is 14. The van der Waals surface area contributed by atoms with Gasteiger partial charge in [-0.15, -0.1) is 0 Å². The van der Waals surface area contributed by atoms with Crippen molar-refractivity contribution in [2.24, 2.45) is 17.6 Å². The van der Waals surface area contributed by atoms with Crippen molar-refractivity contribution in [3.05, 3.63) is 47.5 Å². The van der Waals surface area contributed by atoms with Crippen LogP contribution in [-0.2, 0) is 44.7 Å². The summed E-state index contributed by atoms with van der Waals surface area (Å²) in [4.78, 5) is 92.3. The zero-order chi connectivity index (χ0) is 41.0. The van der Waals surface area contributed by atoms with E-state index in [9.17, 15) is 33.6 Å². The van der Waals surface area contributed by atoms with Gasteiger partial charge in [-0.05, 0) is 69.5 Å². The Morgan fingerprint density at radius 3 is 2.20 bits per heavy atom. The highest BCUT2D eigenvalue weighted by molar-refractivity contribution is 5.96. The van der Waals surface area contributed by atoms with Gasteiger partial charge in [0.05, 0.1) is 26.2 Å². The molecule has 1 aliphatic rings. The quantitative estimate of drug-likeness (QED) is 0.186. The molecule has 0 spiro atoms. The molecule has 0 radical (unpaired) electrons. The Balaban J connectivity index is 2.25. The Bertz CT molecular complexity index is 1740. The molecule has 4 amide bonds. The number of Topliss-reactive ketones (excluding diaryl/α,β-unsaturated/α-hetero) is 2. The summed E-state index contributed by atoms with van der Waals surface area (Å²) >= 11 is 0. The Kier molecular flexibility index (Phi) is 15.8. The lowest BCUT2D eigenvalue weighted by molar-refractivity contribution is -0.146. The first-order valence-electron chi connectivity index (χ1n) is 18.3. The number of nitrogens with zero attached hydrogens (tertiary/aromatic N) is 1. The molecule has 2 aromatic rings. The molecule has 1 heterocycles. The van der Waals surface area contributed by atoms with Crippen molar-refractivity contribution in [3.8, 4) is 22.6 Å². The zero-order valence-corrected chi connectivity index (χ0v) is 32.9. The summed E-state index contributed by atoms with van der Waals surface area (Å²) in [6.07, 6.45) is -0.918. The molecule has 15 heteroatoms. The summed E-state index contributed by atoms with van der Waals surface area (Å²) in [5, 5.41) is 5.37. The van der Waals surface area contributed by atoms with Crippen molar-refractivity contribution in [1.29, 1.82) is 0 Å². The Labute approximate surface area is 321 Å². The van der Waals surface area contributed by atoms with Crippen molar-refractivity contribution in [3.63, 3.8) is 0 Å². The van der Waals surface area contributed by atoms with Gasteiger partial charge < -0.3 is 45.0 Å². The van der Waals surface area contributed by atoms with E-state index in [1.165, 1.54) is 32.9 Å². The first-order chi connectivity index (χ1) is 25.8. The molecule has 300 valence electrons. The molecule has 4 N–H and O–H groups in total. The average molecular weight is 767 g/mol. The van der Waals surface area contributed by atoms with Gasteiger partial charge in [0.25, 0.3) is 0 Å². The van der Waals surface area contributed by atoms with Crippen molar-refractivity contribution in [2.75, 3.05) is 33.9 Å². The predicted octanol–water partition coefficient (Wildman–Crippen LogP) is 3.83. The number of methoxy groups -OCH3 is 1. The number of amides is 4. The summed E-state index contributed by atoms with van der Waals surface area (Å²) in [6.45, 7) is 10.5. The number of hydrogen-bond acceptors (Lipinski definition) is 11. The first-order valence-corrected chi connectivity index (χ1v) is 18.3. The van der Waals surface area contributed by atoms with E-state index in [4.69, 9.17) is 24.7 Å². The third kappa shape index (κ3) is 12.8. The minimum absolute atomic E-state index is 0.0327. The fraction of sp³-hybridized carbons (Fsp3) is 0.525. The molecule has 0 unspecified atom stereocenters. The number of carbonyl (C=O) groups is 7. The van der Waals surface area contributed by atoms with Gasteiger partial charge in [-0.25, -0.2) is 9.59 Å². The molecule has 0 aromatic heterocycles. The predicted molar refractivity (Wildman–Crippen MR) is 202 cm³/mol. The summed E-state index contributed by atoms with van der Waals surface area (Å²) in [5.41, 5.74) is 6.72. The fourth-order valence-corrected chi connectivity index (χ4v) is 6.20. The van der Waals surface area contributed by atoms with E-state index in [2.05, 4.69) is 10.6 Å². The van der Waals surface area contributed by atoms with E-state index in [1.807, 2.05) is 6.92 Å². The normalized spacial score (nSPS) is 17.8. The number of hydrogen-bond donors (Lipinski definition) is 3. The van der Waals surface area contributed by atoms with Crippen LogP contribution < -0.4 is 25.8 Å². The molecule has 0 saturated heterocycles. The fourth-order valence-electron chi connectivity index (χ4n) is 6.20. The van der Waals surface area contributed by atoms with Crippen molar-refractivity contribution in [2.45, 2.75) is 91.3 Å². The number of fused-ring (bicyclic) bond motifs is 5. The molecular formula is C40H54N4O11. The van der Waals surface area contributed by atoms with Crippen LogP contribution in [0.15, 0.2) is 36.4 Å². The highest BCUT2D eigenvalue weighted by atomic mass is 16.6. The second kappa shape index (κ2) is 19.7. The van der Waals surface area contributed by atoms with E-state index in [1.54, 1.807) is 57.2 Å². The number of nitrogens with one attached hydrogen (secondary N) is 2. The minimum Gasteiger partial charge on any atom is -0.493 e. The van der Waals surface area contributed by atoms with Crippen LogP contribution in [0.3, 0.4) is 0 Å². The summed E-state index contributed by atoms with van der Waals surface area (Å²) in [7, 11) is 2.60. The standard InChI is InChI=1S/C40H54N4O11/c1-9-15-53-33-13-11-26-21-29(33)28-19-25(10-12-32(28)54-16-14-42-39(51)55-40(4,5)6)20-30(38(50)52-8)43-36(48)23(2)17-31(46)35(26)44(7)37(49)27(18-24(3)45)22-34(41)47/h10-13,19,21,23,27,30,35H,9,14-18,20,22H2,1-8H3,(H2,41,47)(H,42,51)(H,43,48)/t23-,27+,30+,35+/m1/s1. The van der Waals surface area contributed by atoms with E-state index in [0.29, 0.717) is 46.8 Å². The van der Waals surface area contributed by atoms with Gasteiger partial charge in [0, 0.05) is 49.8 Å². The lowest BCUT2D eigenvalue weighted by atomic mass is 9.88. The molecule has 0 saturated carbocycles. The first kappa shape index (κ1) is 43.9. The summed E-state index contributed by atoms with van der Waals surface area (Å²) < 4.78 is 22.7. The molecule has 4 atom stereocenters. The van der Waals surface area contributed by atoms with Crippen LogP contribution in [0.2, 0.25) is 0 Å². The molecular weight excluding hydrogens is 712 g/mol. The van der Waals surface area contributed by atoms with Crippen LogP contribution in [-0.4, -0.2) is 91.8 Å². The van der Waals surface area contributed by atoms with E-state index in [-0.39, 0.29) is 38.2 Å². The molecule has 0 aliphatic carbocycles. The topological polar surface area (TPSA) is 210 Å². The molecule has 4 bridgehead atoms. The van der Waals surface area contributed by atoms with Crippen molar-refractivity contribution in [1.82, 2.24) is 15.5 Å². The van der Waals surface area contributed by atoms with Crippen LogP contribution in [0.4, 0.5) is 4.79 Å². The molecule has 3 rings (SSSR count). The van der Waals surface area contributed by atoms with Gasteiger partial charge in [0.1, 0.15) is 41.6 Å². The number of nitrogens with two attached hydrogens (primary N) is 1. The smallest absolute Gasteiger partial charge is 0.407 e. The van der Waals surface area contributed by atoms with E-state index in [0.717, 1.165) is 0 Å². The number of primary amides is 1. The zero-order valence-electron chi connectivity index (χ0n) is 32.9. The van der Waals surface area contributed by atoms with E-state index >= 15 is 0 Å². The van der Waals surface area contributed by atoms with Gasteiger partial charge in [0.15, 0.2) is 5.78 Å². The number of ether oxygens (including phenoxy) is 4. The lowest BCUT2D eigenvalue weighted by Gasteiger charge is -2.32. The second-order valence-electron chi connectivity index (χ2n) is 14.7. The Morgan fingerprint density at radius 1 is 0.964 bits per heavy atom. The number of ketones is 2. The number of benzene rings is 2. The van der Waals surface area contributed by atoms with Crippen molar-refractivity contribution < 1.29 is 52.5 Å². The number of likely N-dealkylation sites (N-methyl/N-ethyl adjacent to an activating group) is 1. The van der Waals surface area contributed by atoms with Gasteiger partial charge >= 0.3 is 12.1 Å². The van der Waals surface area contributed by atoms with Crippen LogP contribution in [0, 0.1) is 11.8 Å². The molecule has 15 nitrogen and oxygen atoms in total. The molecule has 1 aliphatic heterocycles. The third-order valence-electron chi connectivity index (χ3n) is 8.71. The van der Waals surface area contributed by atoms with Crippen LogP contribution in [0.25, 0.3) is 11.1 Å². The van der Waals surface area contributed by atoms with Crippen LogP contribution in [0.5, 0.6) is 11.5 Å². The maximum absolute atomic E-state index is 14.3. The average Bonchev–Trinajstić information content (AvgIpc) is 3.10. The van der Waals surface area contributed by atoms with E-state index < -0.39 is 71.5 Å². The molecule has 0 fully saturated rings. The monoisotopic (exact) mass is 766 g/mol. The molecule has 2 aromatic carbocycles. The minimum atomic E-state index is -1.28. The summed E-state index contributed by atoms with van der Waals surface area (Å²) in [6, 6.07) is 7.82. The third-order valence-corrected chi connectivity index (χ3v) is 8.71. The van der Waals surface area contributed by atoms with Crippen LogP contribution in [0.1, 0.15) is 84.4 Å². The number of carbonyl (C=O) groups excluding carboxylic acids is 7. The largest absolute Gasteiger partial charge is 0.493 e. The van der Waals surface area contributed by atoms with Gasteiger partial charge in [-0.3, -0.25) is 19.2 Å². The Morgan fingerprint density at radius 2 is 1.60 bits per heavy atom.